The van der Waals surface area contributed by atoms with Gasteiger partial charge in [-0.2, -0.15) is 0 Å². The second-order valence-corrected chi connectivity index (χ2v) is 10.3. The third-order valence-corrected chi connectivity index (χ3v) is 8.43. The molecule has 1 saturated carbocycles. The van der Waals surface area contributed by atoms with Crippen LogP contribution in [0.2, 0.25) is 0 Å². The molecular formula is C26H36N2O3. The van der Waals surface area contributed by atoms with Gasteiger partial charge in [0.15, 0.2) is 0 Å². The standard InChI is InChI=1S/C26H36N2O3/c1-18-6-5-9-26(2)16-24-21(15-23(18)26)22(25(29)31-24)17-27-10-12-28(13-11-27)19-7-4-8-20(14-19)30-3/h4,7-8,14,21-22,24H,5-6,9-13,15-17H2,1-3H3/t21-,22?,24-,26-/m1/s1. The highest BCUT2D eigenvalue weighted by Crippen LogP contribution is 2.55. The molecule has 31 heavy (non-hydrogen) atoms. The summed E-state index contributed by atoms with van der Waals surface area (Å²) >= 11 is 0. The maximum Gasteiger partial charge on any atom is 0.310 e. The second-order valence-electron chi connectivity index (χ2n) is 10.3. The largest absolute Gasteiger partial charge is 0.497 e. The van der Waals surface area contributed by atoms with Gasteiger partial charge in [0.25, 0.3) is 0 Å². The second kappa shape index (κ2) is 8.16. The van der Waals surface area contributed by atoms with Gasteiger partial charge in [0.05, 0.1) is 13.0 Å². The summed E-state index contributed by atoms with van der Waals surface area (Å²) in [5, 5.41) is 0. The number of hydrogen-bond donors (Lipinski definition) is 0. The van der Waals surface area contributed by atoms with Gasteiger partial charge in [-0.15, -0.1) is 0 Å². The number of esters is 1. The molecule has 2 saturated heterocycles. The van der Waals surface area contributed by atoms with Gasteiger partial charge in [0, 0.05) is 50.4 Å². The third-order valence-electron chi connectivity index (χ3n) is 8.43. The molecule has 3 fully saturated rings. The van der Waals surface area contributed by atoms with Crippen molar-refractivity contribution in [3.8, 4) is 5.75 Å². The predicted molar refractivity (Wildman–Crippen MR) is 122 cm³/mol. The SMILES string of the molecule is COc1cccc(N2CCN(CC3C(=O)O[C@@H]4C[C@@]5(C)CCCC(C)=C5C[C@H]34)CC2)c1. The van der Waals surface area contributed by atoms with Crippen LogP contribution in [0.4, 0.5) is 5.69 Å². The lowest BCUT2D eigenvalue weighted by Crippen LogP contribution is -2.49. The number of allylic oxidation sites excluding steroid dienone is 2. The van der Waals surface area contributed by atoms with Crippen LogP contribution in [0.15, 0.2) is 35.4 Å². The summed E-state index contributed by atoms with van der Waals surface area (Å²) in [7, 11) is 1.71. The minimum absolute atomic E-state index is 0.0279. The maximum absolute atomic E-state index is 12.9. The normalized spacial score (nSPS) is 33.7. The number of rotatable bonds is 4. The molecule has 1 aromatic rings. The number of methoxy groups -OCH3 is 1. The van der Waals surface area contributed by atoms with Crippen molar-refractivity contribution in [2.75, 3.05) is 44.7 Å². The van der Waals surface area contributed by atoms with Crippen molar-refractivity contribution < 1.29 is 14.3 Å². The average molecular weight is 425 g/mol. The monoisotopic (exact) mass is 424 g/mol. The van der Waals surface area contributed by atoms with Crippen molar-refractivity contribution in [2.45, 2.75) is 52.1 Å². The molecule has 0 radical (unpaired) electrons. The van der Waals surface area contributed by atoms with Gasteiger partial charge < -0.3 is 14.4 Å². The molecule has 2 aliphatic carbocycles. The Morgan fingerprint density at radius 2 is 2.03 bits per heavy atom. The van der Waals surface area contributed by atoms with Crippen LogP contribution in [0.5, 0.6) is 5.75 Å². The van der Waals surface area contributed by atoms with Gasteiger partial charge >= 0.3 is 5.97 Å². The van der Waals surface area contributed by atoms with Crippen LogP contribution in [0, 0.1) is 17.3 Å². The van der Waals surface area contributed by atoms with E-state index in [-0.39, 0.29) is 23.4 Å². The molecule has 168 valence electrons. The molecule has 0 bridgehead atoms. The summed E-state index contributed by atoms with van der Waals surface area (Å²) in [6.45, 7) is 9.49. The molecule has 5 heteroatoms. The smallest absolute Gasteiger partial charge is 0.310 e. The van der Waals surface area contributed by atoms with E-state index < -0.39 is 0 Å². The van der Waals surface area contributed by atoms with Crippen molar-refractivity contribution in [1.29, 1.82) is 0 Å². The van der Waals surface area contributed by atoms with Crippen LogP contribution in [-0.4, -0.2) is 56.8 Å². The van der Waals surface area contributed by atoms with E-state index in [1.165, 1.54) is 24.9 Å². The Bertz CT molecular complexity index is 873. The van der Waals surface area contributed by atoms with Gasteiger partial charge in [-0.25, -0.2) is 0 Å². The third kappa shape index (κ3) is 3.86. The first-order chi connectivity index (χ1) is 15.0. The zero-order valence-electron chi connectivity index (χ0n) is 19.2. The van der Waals surface area contributed by atoms with E-state index in [0.29, 0.717) is 5.92 Å². The fourth-order valence-electron chi connectivity index (χ4n) is 6.59. The number of benzene rings is 1. The Morgan fingerprint density at radius 1 is 1.23 bits per heavy atom. The molecular weight excluding hydrogens is 388 g/mol. The summed E-state index contributed by atoms with van der Waals surface area (Å²) in [6, 6.07) is 8.29. The van der Waals surface area contributed by atoms with Crippen LogP contribution >= 0.6 is 0 Å². The van der Waals surface area contributed by atoms with Crippen molar-refractivity contribution >= 4 is 11.7 Å². The quantitative estimate of drug-likeness (QED) is 0.533. The van der Waals surface area contributed by atoms with Gasteiger partial charge in [-0.3, -0.25) is 9.69 Å². The Kier molecular flexibility index (Phi) is 5.49. The molecule has 5 rings (SSSR count). The first-order valence-corrected chi connectivity index (χ1v) is 12.0. The lowest BCUT2D eigenvalue weighted by atomic mass is 9.59. The Hall–Kier alpha value is -2.01. The summed E-state index contributed by atoms with van der Waals surface area (Å²) in [5.41, 5.74) is 4.69. The highest BCUT2D eigenvalue weighted by Gasteiger charge is 2.53. The first kappa shape index (κ1) is 20.9. The maximum atomic E-state index is 12.9. The summed E-state index contributed by atoms with van der Waals surface area (Å²) in [5.74, 6) is 1.34. The molecule has 0 spiro atoms. The van der Waals surface area contributed by atoms with Crippen molar-refractivity contribution in [2.24, 2.45) is 17.3 Å². The Labute approximate surface area is 186 Å². The highest BCUT2D eigenvalue weighted by atomic mass is 16.6. The van der Waals surface area contributed by atoms with Crippen molar-refractivity contribution in [1.82, 2.24) is 4.90 Å². The van der Waals surface area contributed by atoms with Crippen LogP contribution < -0.4 is 9.64 Å². The van der Waals surface area contributed by atoms with Crippen molar-refractivity contribution in [3.63, 3.8) is 0 Å². The highest BCUT2D eigenvalue weighted by molar-refractivity contribution is 5.76. The molecule has 2 aliphatic heterocycles. The van der Waals surface area contributed by atoms with E-state index in [2.05, 4.69) is 35.8 Å². The van der Waals surface area contributed by atoms with E-state index in [0.717, 1.165) is 51.3 Å². The van der Waals surface area contributed by atoms with E-state index in [1.54, 1.807) is 18.3 Å². The summed E-state index contributed by atoms with van der Waals surface area (Å²) in [4.78, 5) is 17.8. The number of ether oxygens (including phenoxy) is 2. The van der Waals surface area contributed by atoms with Crippen LogP contribution in [-0.2, 0) is 9.53 Å². The summed E-state index contributed by atoms with van der Waals surface area (Å²) in [6.07, 6.45) is 5.96. The van der Waals surface area contributed by atoms with Gasteiger partial charge in [0.2, 0.25) is 0 Å². The molecule has 0 amide bonds. The van der Waals surface area contributed by atoms with Crippen LogP contribution in [0.3, 0.4) is 0 Å². The topological polar surface area (TPSA) is 42.0 Å². The van der Waals surface area contributed by atoms with E-state index in [1.807, 2.05) is 12.1 Å². The lowest BCUT2D eigenvalue weighted by molar-refractivity contribution is -0.145. The number of carbonyl (C=O) groups is 1. The lowest BCUT2D eigenvalue weighted by Gasteiger charge is -2.46. The van der Waals surface area contributed by atoms with E-state index >= 15 is 0 Å². The molecule has 2 heterocycles. The minimum atomic E-state index is 0.0279. The molecule has 5 nitrogen and oxygen atoms in total. The number of hydrogen-bond acceptors (Lipinski definition) is 5. The number of piperazine rings is 1. The predicted octanol–water partition coefficient (Wildman–Crippen LogP) is 4.28. The van der Waals surface area contributed by atoms with Gasteiger partial charge in [0.1, 0.15) is 11.9 Å². The number of fused-ring (bicyclic) bond motifs is 2. The fraction of sp³-hybridized carbons (Fsp3) is 0.654. The van der Waals surface area contributed by atoms with Gasteiger partial charge in [-0.1, -0.05) is 24.1 Å². The molecule has 1 aromatic carbocycles. The number of carbonyl (C=O) groups excluding carboxylic acids is 1. The van der Waals surface area contributed by atoms with Gasteiger partial charge in [-0.05, 0) is 56.6 Å². The molecule has 4 aliphatic rings. The molecule has 0 N–H and O–H groups in total. The molecule has 1 unspecified atom stereocenters. The fourth-order valence-corrected chi connectivity index (χ4v) is 6.59. The summed E-state index contributed by atoms with van der Waals surface area (Å²) < 4.78 is 11.4. The minimum Gasteiger partial charge on any atom is -0.497 e. The first-order valence-electron chi connectivity index (χ1n) is 12.0. The zero-order valence-corrected chi connectivity index (χ0v) is 19.2. The average Bonchev–Trinajstić information content (AvgIpc) is 3.06. The Balaban J connectivity index is 1.23. The van der Waals surface area contributed by atoms with Crippen LogP contribution in [0.25, 0.3) is 0 Å². The van der Waals surface area contributed by atoms with Crippen LogP contribution in [0.1, 0.15) is 46.0 Å². The number of anilines is 1. The zero-order chi connectivity index (χ0) is 21.6. The Morgan fingerprint density at radius 3 is 2.81 bits per heavy atom. The van der Waals surface area contributed by atoms with E-state index in [4.69, 9.17) is 9.47 Å². The van der Waals surface area contributed by atoms with E-state index in [9.17, 15) is 4.79 Å². The number of nitrogens with zero attached hydrogens (tertiary/aromatic N) is 2. The molecule has 4 atom stereocenters. The van der Waals surface area contributed by atoms with Crippen molar-refractivity contribution in [3.05, 3.63) is 35.4 Å². The molecule has 0 aromatic heterocycles.